The second-order valence-corrected chi connectivity index (χ2v) is 6.85. The summed E-state index contributed by atoms with van der Waals surface area (Å²) in [5.41, 5.74) is 7.39. The Morgan fingerprint density at radius 1 is 1.32 bits per heavy atom. The van der Waals surface area contributed by atoms with Gasteiger partial charge in [-0.05, 0) is 39.0 Å². The molecule has 0 amide bonds. The van der Waals surface area contributed by atoms with Crippen molar-refractivity contribution >= 4 is 11.3 Å². The van der Waals surface area contributed by atoms with E-state index in [1.165, 1.54) is 41.3 Å². The number of aromatic nitrogens is 1. The van der Waals surface area contributed by atoms with Crippen molar-refractivity contribution in [2.75, 3.05) is 6.61 Å². The van der Waals surface area contributed by atoms with Crippen molar-refractivity contribution in [2.45, 2.75) is 69.9 Å². The van der Waals surface area contributed by atoms with Crippen molar-refractivity contribution in [2.24, 2.45) is 5.73 Å². The highest BCUT2D eigenvalue weighted by atomic mass is 32.1. The van der Waals surface area contributed by atoms with Crippen molar-refractivity contribution in [3.8, 4) is 0 Å². The molecule has 1 fully saturated rings. The molecular weight excluding hydrogens is 256 g/mol. The predicted octanol–water partition coefficient (Wildman–Crippen LogP) is 3.68. The summed E-state index contributed by atoms with van der Waals surface area (Å²) in [6, 6.07) is 0.206. The van der Waals surface area contributed by atoms with Gasteiger partial charge in [0.1, 0.15) is 10.6 Å². The Kier molecular flexibility index (Phi) is 3.92. The third-order valence-electron chi connectivity index (χ3n) is 4.46. The lowest BCUT2D eigenvalue weighted by Gasteiger charge is -2.35. The van der Waals surface area contributed by atoms with E-state index in [4.69, 9.17) is 15.5 Å². The van der Waals surface area contributed by atoms with Gasteiger partial charge in [0.25, 0.3) is 0 Å². The second-order valence-electron chi connectivity index (χ2n) is 5.82. The van der Waals surface area contributed by atoms with Crippen molar-refractivity contribution in [1.82, 2.24) is 4.98 Å². The molecule has 3 rings (SSSR count). The van der Waals surface area contributed by atoms with Crippen LogP contribution >= 0.6 is 11.3 Å². The summed E-state index contributed by atoms with van der Waals surface area (Å²) in [5, 5.41) is 1.20. The molecule has 3 nitrogen and oxygen atoms in total. The molecule has 0 saturated heterocycles. The monoisotopic (exact) mass is 280 g/mol. The SMILES string of the molecule is CCOC1(c2nc3c(s2)C(N)CCC3)CCCCC1. The predicted molar refractivity (Wildman–Crippen MR) is 78.4 cm³/mol. The van der Waals surface area contributed by atoms with Crippen molar-refractivity contribution < 1.29 is 4.74 Å². The van der Waals surface area contributed by atoms with Gasteiger partial charge < -0.3 is 10.5 Å². The molecule has 2 aliphatic rings. The molecule has 0 radical (unpaired) electrons. The molecule has 1 atom stereocenters. The molecule has 1 heterocycles. The van der Waals surface area contributed by atoms with Crippen LogP contribution in [0.15, 0.2) is 0 Å². The summed E-state index contributed by atoms with van der Waals surface area (Å²) in [5.74, 6) is 0. The van der Waals surface area contributed by atoms with Gasteiger partial charge in [-0.2, -0.15) is 0 Å². The Morgan fingerprint density at radius 3 is 2.79 bits per heavy atom. The molecular formula is C15H24N2OS. The van der Waals surface area contributed by atoms with Crippen molar-refractivity contribution in [3.05, 3.63) is 15.6 Å². The van der Waals surface area contributed by atoms with Crippen LogP contribution in [-0.4, -0.2) is 11.6 Å². The van der Waals surface area contributed by atoms with E-state index in [2.05, 4.69) is 6.92 Å². The third-order valence-corrected chi connectivity index (χ3v) is 5.88. The fraction of sp³-hybridized carbons (Fsp3) is 0.800. The van der Waals surface area contributed by atoms with Crippen molar-refractivity contribution in [3.63, 3.8) is 0 Å². The molecule has 2 N–H and O–H groups in total. The molecule has 19 heavy (non-hydrogen) atoms. The molecule has 4 heteroatoms. The Labute approximate surface area is 119 Å². The largest absolute Gasteiger partial charge is 0.368 e. The highest BCUT2D eigenvalue weighted by Crippen LogP contribution is 2.45. The van der Waals surface area contributed by atoms with Gasteiger partial charge in [0.2, 0.25) is 0 Å². The van der Waals surface area contributed by atoms with Gasteiger partial charge >= 0.3 is 0 Å². The molecule has 2 aliphatic carbocycles. The summed E-state index contributed by atoms with van der Waals surface area (Å²) in [6.07, 6.45) is 9.49. The molecule has 1 unspecified atom stereocenters. The zero-order chi connectivity index (χ0) is 13.3. The number of nitrogens with two attached hydrogens (primary N) is 1. The lowest BCUT2D eigenvalue weighted by molar-refractivity contribution is -0.0705. The Hall–Kier alpha value is -0.450. The zero-order valence-electron chi connectivity index (χ0n) is 11.8. The summed E-state index contributed by atoms with van der Waals surface area (Å²) >= 11 is 1.83. The lowest BCUT2D eigenvalue weighted by Crippen LogP contribution is -2.32. The second kappa shape index (κ2) is 5.51. The van der Waals surface area contributed by atoms with Gasteiger partial charge in [-0.15, -0.1) is 11.3 Å². The lowest BCUT2D eigenvalue weighted by atomic mass is 9.85. The van der Waals surface area contributed by atoms with Crippen LogP contribution in [0.2, 0.25) is 0 Å². The van der Waals surface area contributed by atoms with Crippen LogP contribution in [0.1, 0.15) is 73.5 Å². The van der Waals surface area contributed by atoms with E-state index >= 15 is 0 Å². The van der Waals surface area contributed by atoms with E-state index < -0.39 is 0 Å². The van der Waals surface area contributed by atoms with Crippen LogP contribution in [0, 0.1) is 0 Å². The summed E-state index contributed by atoms with van der Waals surface area (Å²) in [4.78, 5) is 6.25. The topological polar surface area (TPSA) is 48.1 Å². The van der Waals surface area contributed by atoms with Gasteiger partial charge in [0.15, 0.2) is 0 Å². The number of thiazole rings is 1. The number of ether oxygens (including phenoxy) is 1. The molecule has 0 spiro atoms. The van der Waals surface area contributed by atoms with Crippen LogP contribution in [0.4, 0.5) is 0 Å². The fourth-order valence-corrected chi connectivity index (χ4v) is 4.81. The number of aryl methyl sites for hydroxylation is 1. The van der Waals surface area contributed by atoms with E-state index in [0.717, 1.165) is 32.3 Å². The van der Waals surface area contributed by atoms with Crippen LogP contribution in [-0.2, 0) is 16.8 Å². The van der Waals surface area contributed by atoms with E-state index in [1.54, 1.807) is 0 Å². The Bertz CT molecular complexity index is 432. The van der Waals surface area contributed by atoms with Crippen LogP contribution in [0.3, 0.4) is 0 Å². The quantitative estimate of drug-likeness (QED) is 0.919. The number of rotatable bonds is 3. The Morgan fingerprint density at radius 2 is 2.11 bits per heavy atom. The van der Waals surface area contributed by atoms with Gasteiger partial charge in [-0.3, -0.25) is 0 Å². The van der Waals surface area contributed by atoms with Crippen molar-refractivity contribution in [1.29, 1.82) is 0 Å². The number of hydrogen-bond acceptors (Lipinski definition) is 4. The maximum absolute atomic E-state index is 6.24. The molecule has 1 aromatic rings. The summed E-state index contributed by atoms with van der Waals surface area (Å²) in [7, 11) is 0. The maximum atomic E-state index is 6.24. The number of nitrogens with zero attached hydrogens (tertiary/aromatic N) is 1. The van der Waals surface area contributed by atoms with E-state index in [0.29, 0.717) is 0 Å². The average molecular weight is 280 g/mol. The molecule has 1 aromatic heterocycles. The minimum Gasteiger partial charge on any atom is -0.368 e. The van der Waals surface area contributed by atoms with Gasteiger partial charge in [0.05, 0.1) is 5.69 Å². The van der Waals surface area contributed by atoms with Gasteiger partial charge in [0, 0.05) is 17.5 Å². The first-order chi connectivity index (χ1) is 9.25. The van der Waals surface area contributed by atoms with Gasteiger partial charge in [-0.25, -0.2) is 4.98 Å². The number of fused-ring (bicyclic) bond motifs is 1. The highest BCUT2D eigenvalue weighted by Gasteiger charge is 2.39. The molecule has 106 valence electrons. The summed E-state index contributed by atoms with van der Waals surface area (Å²) in [6.45, 7) is 2.87. The average Bonchev–Trinajstić information content (AvgIpc) is 2.86. The first-order valence-corrected chi connectivity index (χ1v) is 8.46. The molecule has 1 saturated carbocycles. The minimum absolute atomic E-state index is 0.102. The standard InChI is InChI=1S/C15H24N2OS/c1-2-18-15(9-4-3-5-10-15)14-17-12-8-6-7-11(16)13(12)19-14/h11H,2-10,16H2,1H3. The zero-order valence-corrected chi connectivity index (χ0v) is 12.6. The number of hydrogen-bond donors (Lipinski definition) is 1. The molecule has 0 bridgehead atoms. The Balaban J connectivity index is 1.94. The summed E-state index contributed by atoms with van der Waals surface area (Å²) < 4.78 is 6.18. The smallest absolute Gasteiger partial charge is 0.125 e. The third kappa shape index (κ3) is 2.46. The van der Waals surface area contributed by atoms with E-state index in [-0.39, 0.29) is 11.6 Å². The first kappa shape index (κ1) is 13.5. The van der Waals surface area contributed by atoms with Crippen LogP contribution < -0.4 is 5.73 Å². The molecule has 0 aromatic carbocycles. The normalized spacial score (nSPS) is 26.1. The minimum atomic E-state index is -0.102. The highest BCUT2D eigenvalue weighted by molar-refractivity contribution is 7.12. The first-order valence-electron chi connectivity index (χ1n) is 7.65. The van der Waals surface area contributed by atoms with E-state index in [9.17, 15) is 0 Å². The fourth-order valence-electron chi connectivity index (χ4n) is 3.47. The van der Waals surface area contributed by atoms with E-state index in [1.807, 2.05) is 11.3 Å². The van der Waals surface area contributed by atoms with Crippen LogP contribution in [0.5, 0.6) is 0 Å². The molecule has 0 aliphatic heterocycles. The van der Waals surface area contributed by atoms with Crippen LogP contribution in [0.25, 0.3) is 0 Å². The van der Waals surface area contributed by atoms with Gasteiger partial charge in [-0.1, -0.05) is 19.3 Å². The maximum Gasteiger partial charge on any atom is 0.125 e.